The minimum Gasteiger partial charge on any atom is -0.361 e. The van der Waals surface area contributed by atoms with Crippen LogP contribution in [-0.4, -0.2) is 4.98 Å². The smallest absolute Gasteiger partial charge is 0.0460 e. The van der Waals surface area contributed by atoms with Crippen LogP contribution < -0.4 is 0 Å². The van der Waals surface area contributed by atoms with E-state index in [1.165, 1.54) is 34.0 Å². The molecule has 0 amide bonds. The summed E-state index contributed by atoms with van der Waals surface area (Å²) in [5.41, 5.74) is 5.21. The van der Waals surface area contributed by atoms with Crippen molar-refractivity contribution < 1.29 is 0 Å². The van der Waals surface area contributed by atoms with Crippen molar-refractivity contribution in [2.75, 3.05) is 0 Å². The van der Waals surface area contributed by atoms with Gasteiger partial charge in [-0.3, -0.25) is 0 Å². The second-order valence-electron chi connectivity index (χ2n) is 4.69. The molecule has 3 aromatic rings. The van der Waals surface area contributed by atoms with Crippen LogP contribution in [0.2, 0.25) is 0 Å². The van der Waals surface area contributed by atoms with Gasteiger partial charge in [0, 0.05) is 17.1 Å². The number of aromatic nitrogens is 1. The quantitative estimate of drug-likeness (QED) is 0.672. The maximum atomic E-state index is 3.26. The third-order valence-corrected chi connectivity index (χ3v) is 3.40. The molecule has 0 saturated carbocycles. The normalized spacial score (nSPS) is 10.9. The first-order valence-electron chi connectivity index (χ1n) is 6.54. The molecule has 90 valence electrons. The van der Waals surface area contributed by atoms with Gasteiger partial charge in [0.15, 0.2) is 0 Å². The number of fused-ring (bicyclic) bond motifs is 1. The summed E-state index contributed by atoms with van der Waals surface area (Å²) in [6, 6.07) is 17.5. The number of hydrogen-bond donors (Lipinski definition) is 1. The number of H-pyrrole nitrogens is 1. The van der Waals surface area contributed by atoms with Gasteiger partial charge in [0.2, 0.25) is 0 Å². The summed E-state index contributed by atoms with van der Waals surface area (Å²) in [4.78, 5) is 3.26. The van der Waals surface area contributed by atoms with Gasteiger partial charge >= 0.3 is 0 Å². The van der Waals surface area contributed by atoms with E-state index in [1.807, 2.05) is 6.20 Å². The Balaban J connectivity index is 2.06. The first-order valence-corrected chi connectivity index (χ1v) is 6.54. The van der Waals surface area contributed by atoms with Gasteiger partial charge < -0.3 is 4.98 Å². The molecule has 1 heteroatoms. The molecule has 0 aliphatic heterocycles. The Morgan fingerprint density at radius 3 is 2.56 bits per heavy atom. The molecule has 18 heavy (non-hydrogen) atoms. The Bertz CT molecular complexity index is 647. The predicted molar refractivity (Wildman–Crippen MR) is 77.7 cm³/mol. The molecule has 1 heterocycles. The van der Waals surface area contributed by atoms with E-state index in [2.05, 4.69) is 60.4 Å². The van der Waals surface area contributed by atoms with Crippen molar-refractivity contribution in [3.8, 4) is 11.1 Å². The summed E-state index contributed by atoms with van der Waals surface area (Å²) in [5.74, 6) is 0. The second kappa shape index (κ2) is 4.69. The lowest BCUT2D eigenvalue weighted by Gasteiger charge is -2.05. The molecule has 0 aliphatic carbocycles. The minimum atomic E-state index is 1.16. The Hall–Kier alpha value is -2.02. The van der Waals surface area contributed by atoms with Crippen molar-refractivity contribution in [2.24, 2.45) is 0 Å². The Labute approximate surface area is 107 Å². The van der Waals surface area contributed by atoms with Crippen LogP contribution in [0.5, 0.6) is 0 Å². The van der Waals surface area contributed by atoms with E-state index in [-0.39, 0.29) is 0 Å². The van der Waals surface area contributed by atoms with Crippen LogP contribution in [0.25, 0.3) is 22.0 Å². The topological polar surface area (TPSA) is 15.8 Å². The average Bonchev–Trinajstić information content (AvgIpc) is 2.88. The monoisotopic (exact) mass is 235 g/mol. The molecule has 2 aromatic carbocycles. The van der Waals surface area contributed by atoms with E-state index in [0.29, 0.717) is 0 Å². The predicted octanol–water partition coefficient (Wildman–Crippen LogP) is 4.79. The number of nitrogens with one attached hydrogen (secondary N) is 1. The van der Waals surface area contributed by atoms with E-state index in [9.17, 15) is 0 Å². The second-order valence-corrected chi connectivity index (χ2v) is 4.69. The Morgan fingerprint density at radius 1 is 0.944 bits per heavy atom. The van der Waals surface area contributed by atoms with E-state index in [4.69, 9.17) is 0 Å². The zero-order valence-corrected chi connectivity index (χ0v) is 10.6. The van der Waals surface area contributed by atoms with E-state index in [0.717, 1.165) is 6.42 Å². The molecule has 0 unspecified atom stereocenters. The van der Waals surface area contributed by atoms with Gasteiger partial charge in [0.1, 0.15) is 0 Å². The Kier molecular flexibility index (Phi) is 2.89. The molecule has 3 rings (SSSR count). The fourth-order valence-corrected chi connectivity index (χ4v) is 2.48. The highest BCUT2D eigenvalue weighted by molar-refractivity contribution is 5.95. The van der Waals surface area contributed by atoms with Crippen LogP contribution in [0.3, 0.4) is 0 Å². The lowest BCUT2D eigenvalue weighted by atomic mass is 9.99. The van der Waals surface area contributed by atoms with Crippen molar-refractivity contribution in [3.05, 3.63) is 60.3 Å². The van der Waals surface area contributed by atoms with Crippen LogP contribution >= 0.6 is 0 Å². The maximum Gasteiger partial charge on any atom is 0.0460 e. The summed E-state index contributed by atoms with van der Waals surface area (Å²) in [6.07, 6.45) is 4.36. The largest absolute Gasteiger partial charge is 0.361 e. The van der Waals surface area contributed by atoms with Gasteiger partial charge in [0.25, 0.3) is 0 Å². The van der Waals surface area contributed by atoms with Crippen LogP contribution in [-0.2, 0) is 6.42 Å². The molecular formula is C17H17N. The third kappa shape index (κ3) is 1.92. The highest BCUT2D eigenvalue weighted by Crippen LogP contribution is 2.28. The number of aryl methyl sites for hydroxylation is 1. The molecule has 0 atom stereocenters. The SMILES string of the molecule is CCCc1ccc(-c2cccc3[nH]ccc23)cc1. The fraction of sp³-hybridized carbons (Fsp3) is 0.176. The minimum absolute atomic E-state index is 1.16. The molecule has 0 spiro atoms. The van der Waals surface area contributed by atoms with Gasteiger partial charge in [-0.25, -0.2) is 0 Å². The van der Waals surface area contributed by atoms with Crippen molar-refractivity contribution in [3.63, 3.8) is 0 Å². The van der Waals surface area contributed by atoms with Crippen molar-refractivity contribution >= 4 is 10.9 Å². The number of rotatable bonds is 3. The van der Waals surface area contributed by atoms with Crippen molar-refractivity contribution in [1.82, 2.24) is 4.98 Å². The fourth-order valence-electron chi connectivity index (χ4n) is 2.48. The molecule has 0 radical (unpaired) electrons. The zero-order valence-electron chi connectivity index (χ0n) is 10.6. The van der Waals surface area contributed by atoms with Gasteiger partial charge in [-0.2, -0.15) is 0 Å². The highest BCUT2D eigenvalue weighted by Gasteiger charge is 2.03. The lowest BCUT2D eigenvalue weighted by Crippen LogP contribution is -1.84. The molecular weight excluding hydrogens is 218 g/mol. The van der Waals surface area contributed by atoms with Gasteiger partial charge in [-0.05, 0) is 35.2 Å². The Morgan fingerprint density at radius 2 is 1.78 bits per heavy atom. The summed E-state index contributed by atoms with van der Waals surface area (Å²) in [5, 5.41) is 1.29. The summed E-state index contributed by atoms with van der Waals surface area (Å²) >= 11 is 0. The lowest BCUT2D eigenvalue weighted by molar-refractivity contribution is 0.922. The molecule has 0 saturated heterocycles. The first-order chi connectivity index (χ1) is 8.88. The highest BCUT2D eigenvalue weighted by atomic mass is 14.7. The van der Waals surface area contributed by atoms with Crippen LogP contribution in [0.4, 0.5) is 0 Å². The van der Waals surface area contributed by atoms with E-state index in [1.54, 1.807) is 0 Å². The summed E-state index contributed by atoms with van der Waals surface area (Å²) < 4.78 is 0. The van der Waals surface area contributed by atoms with Crippen LogP contribution in [0, 0.1) is 0 Å². The van der Waals surface area contributed by atoms with E-state index < -0.39 is 0 Å². The van der Waals surface area contributed by atoms with Crippen LogP contribution in [0.15, 0.2) is 54.7 Å². The summed E-state index contributed by atoms with van der Waals surface area (Å²) in [7, 11) is 0. The first kappa shape index (κ1) is 11.1. The molecule has 0 fully saturated rings. The van der Waals surface area contributed by atoms with Gasteiger partial charge in [-0.1, -0.05) is 49.7 Å². The molecule has 1 nitrogen and oxygen atoms in total. The van der Waals surface area contributed by atoms with Crippen molar-refractivity contribution in [1.29, 1.82) is 0 Å². The number of benzene rings is 2. The third-order valence-electron chi connectivity index (χ3n) is 3.40. The zero-order chi connectivity index (χ0) is 12.4. The summed E-state index contributed by atoms with van der Waals surface area (Å²) in [6.45, 7) is 2.22. The molecule has 1 N–H and O–H groups in total. The average molecular weight is 235 g/mol. The number of hydrogen-bond acceptors (Lipinski definition) is 0. The van der Waals surface area contributed by atoms with E-state index >= 15 is 0 Å². The van der Waals surface area contributed by atoms with Gasteiger partial charge in [-0.15, -0.1) is 0 Å². The molecule has 0 aliphatic rings. The number of aromatic amines is 1. The molecule has 1 aromatic heterocycles. The maximum absolute atomic E-state index is 3.26. The standard InChI is InChI=1S/C17H17N/c1-2-4-13-7-9-14(10-8-13)15-5-3-6-17-16(15)11-12-18-17/h3,5-12,18H,2,4H2,1H3. The van der Waals surface area contributed by atoms with Gasteiger partial charge in [0.05, 0.1) is 0 Å². The molecule has 0 bridgehead atoms. The van der Waals surface area contributed by atoms with Crippen LogP contribution in [0.1, 0.15) is 18.9 Å². The van der Waals surface area contributed by atoms with Crippen molar-refractivity contribution in [2.45, 2.75) is 19.8 Å².